The zero-order valence-electron chi connectivity index (χ0n) is 16.4. The highest BCUT2D eigenvalue weighted by molar-refractivity contribution is 7.89. The lowest BCUT2D eigenvalue weighted by Gasteiger charge is -2.25. The van der Waals surface area contributed by atoms with Crippen LogP contribution in [0.5, 0.6) is 5.75 Å². The molecule has 0 aliphatic carbocycles. The summed E-state index contributed by atoms with van der Waals surface area (Å²) in [7, 11) is -2.16. The maximum atomic E-state index is 12.7. The van der Waals surface area contributed by atoms with E-state index in [1.807, 2.05) is 0 Å². The molecule has 8 nitrogen and oxygen atoms in total. The number of nitrogens with one attached hydrogen (secondary N) is 2. The van der Waals surface area contributed by atoms with Gasteiger partial charge in [0.05, 0.1) is 17.6 Å². The molecule has 160 valence electrons. The minimum atomic E-state index is -3.57. The van der Waals surface area contributed by atoms with E-state index in [4.69, 9.17) is 16.3 Å². The third-order valence-electron chi connectivity index (χ3n) is 4.77. The van der Waals surface area contributed by atoms with Crippen molar-refractivity contribution in [3.63, 3.8) is 0 Å². The number of carbonyl (C=O) groups excluding carboxylic acids is 2. The maximum Gasteiger partial charge on any atom is 0.273 e. The van der Waals surface area contributed by atoms with Crippen molar-refractivity contribution in [3.8, 4) is 5.75 Å². The largest absolute Gasteiger partial charge is 0.496 e. The Bertz CT molecular complexity index is 1030. The van der Waals surface area contributed by atoms with E-state index in [1.165, 1.54) is 41.7 Å². The lowest BCUT2D eigenvalue weighted by atomic mass is 10.2. The van der Waals surface area contributed by atoms with Gasteiger partial charge in [-0.2, -0.15) is 4.31 Å². The van der Waals surface area contributed by atoms with Gasteiger partial charge in [-0.3, -0.25) is 20.4 Å². The molecule has 1 fully saturated rings. The average Bonchev–Trinajstić information content (AvgIpc) is 2.77. The van der Waals surface area contributed by atoms with Crippen LogP contribution in [-0.4, -0.2) is 44.7 Å². The van der Waals surface area contributed by atoms with E-state index in [2.05, 4.69) is 10.9 Å². The van der Waals surface area contributed by atoms with E-state index in [0.29, 0.717) is 23.9 Å². The Hall–Kier alpha value is -2.62. The Labute approximate surface area is 180 Å². The quantitative estimate of drug-likeness (QED) is 0.680. The van der Waals surface area contributed by atoms with Gasteiger partial charge in [-0.25, -0.2) is 8.42 Å². The number of halogens is 1. The van der Waals surface area contributed by atoms with Gasteiger partial charge in [-0.05, 0) is 55.3 Å². The van der Waals surface area contributed by atoms with Gasteiger partial charge in [0, 0.05) is 23.7 Å². The van der Waals surface area contributed by atoms with Crippen LogP contribution in [0.2, 0.25) is 5.02 Å². The van der Waals surface area contributed by atoms with Gasteiger partial charge in [0.25, 0.3) is 11.8 Å². The van der Waals surface area contributed by atoms with Gasteiger partial charge in [0.2, 0.25) is 10.0 Å². The minimum absolute atomic E-state index is 0.133. The van der Waals surface area contributed by atoms with Crippen molar-refractivity contribution in [1.29, 1.82) is 0 Å². The van der Waals surface area contributed by atoms with Crippen LogP contribution in [0.3, 0.4) is 0 Å². The summed E-state index contributed by atoms with van der Waals surface area (Å²) in [5, 5.41) is 0.345. The molecule has 2 amide bonds. The number of piperidine rings is 1. The number of ether oxygens (including phenoxy) is 1. The van der Waals surface area contributed by atoms with Crippen molar-refractivity contribution in [2.75, 3.05) is 20.2 Å². The monoisotopic (exact) mass is 451 g/mol. The predicted octanol–water partition coefficient (Wildman–Crippen LogP) is 2.60. The average molecular weight is 452 g/mol. The molecule has 0 aromatic heterocycles. The Morgan fingerprint density at radius 1 is 0.967 bits per heavy atom. The first kappa shape index (κ1) is 22.1. The zero-order valence-corrected chi connectivity index (χ0v) is 17.9. The van der Waals surface area contributed by atoms with Crippen LogP contribution in [0.1, 0.15) is 40.0 Å². The minimum Gasteiger partial charge on any atom is -0.496 e. The van der Waals surface area contributed by atoms with Crippen molar-refractivity contribution in [2.45, 2.75) is 24.2 Å². The molecule has 2 N–H and O–H groups in total. The molecule has 10 heteroatoms. The van der Waals surface area contributed by atoms with Crippen LogP contribution in [0.4, 0.5) is 0 Å². The molecule has 1 aliphatic rings. The highest BCUT2D eigenvalue weighted by atomic mass is 35.5. The summed E-state index contributed by atoms with van der Waals surface area (Å²) in [4.78, 5) is 24.8. The second-order valence-electron chi connectivity index (χ2n) is 6.74. The van der Waals surface area contributed by atoms with Crippen molar-refractivity contribution in [3.05, 3.63) is 58.6 Å². The fourth-order valence-electron chi connectivity index (χ4n) is 3.14. The molecule has 2 aromatic rings. The van der Waals surface area contributed by atoms with Crippen LogP contribution in [0.15, 0.2) is 47.4 Å². The fraction of sp³-hybridized carbons (Fsp3) is 0.300. The van der Waals surface area contributed by atoms with E-state index in [0.717, 1.165) is 19.3 Å². The molecule has 0 saturated carbocycles. The topological polar surface area (TPSA) is 105 Å². The van der Waals surface area contributed by atoms with Crippen molar-refractivity contribution in [1.82, 2.24) is 15.2 Å². The highest BCUT2D eigenvalue weighted by Gasteiger charge is 2.26. The number of carbonyl (C=O) groups is 2. The Balaban J connectivity index is 1.65. The number of rotatable bonds is 5. The van der Waals surface area contributed by atoms with Crippen molar-refractivity contribution in [2.24, 2.45) is 0 Å². The number of hydrogen-bond donors (Lipinski definition) is 2. The van der Waals surface area contributed by atoms with Gasteiger partial charge in [-0.15, -0.1) is 0 Å². The molecule has 0 atom stereocenters. The smallest absolute Gasteiger partial charge is 0.273 e. The molecule has 30 heavy (non-hydrogen) atoms. The maximum absolute atomic E-state index is 12.7. The van der Waals surface area contributed by atoms with Gasteiger partial charge in [0.15, 0.2) is 0 Å². The molecule has 0 spiro atoms. The summed E-state index contributed by atoms with van der Waals surface area (Å²) in [6.45, 7) is 1.01. The first-order chi connectivity index (χ1) is 14.3. The predicted molar refractivity (Wildman–Crippen MR) is 112 cm³/mol. The van der Waals surface area contributed by atoms with Crippen LogP contribution >= 0.6 is 11.6 Å². The van der Waals surface area contributed by atoms with Crippen LogP contribution in [0.25, 0.3) is 0 Å². The highest BCUT2D eigenvalue weighted by Crippen LogP contribution is 2.23. The molecule has 0 unspecified atom stereocenters. The molecule has 3 rings (SSSR count). The summed E-state index contributed by atoms with van der Waals surface area (Å²) >= 11 is 5.91. The number of nitrogens with zero attached hydrogens (tertiary/aromatic N) is 1. The standard InChI is InChI=1S/C20H22ClN3O5S/c1-29-18-10-7-15(21)13-17(18)20(26)23-22-19(25)14-5-8-16(9-6-14)30(27,28)24-11-3-2-4-12-24/h5-10,13H,2-4,11-12H2,1H3,(H,22,25)(H,23,26). The molecule has 1 aliphatic heterocycles. The lowest BCUT2D eigenvalue weighted by Crippen LogP contribution is -2.41. The van der Waals surface area contributed by atoms with E-state index in [1.54, 1.807) is 12.1 Å². The molecule has 2 aromatic carbocycles. The van der Waals surface area contributed by atoms with Crippen LogP contribution in [0, 0.1) is 0 Å². The summed E-state index contributed by atoms with van der Waals surface area (Å²) < 4.78 is 31.9. The Morgan fingerprint density at radius 3 is 2.23 bits per heavy atom. The van der Waals surface area contributed by atoms with Gasteiger partial charge in [-0.1, -0.05) is 18.0 Å². The first-order valence-electron chi connectivity index (χ1n) is 9.37. The molecule has 1 saturated heterocycles. The molecule has 0 bridgehead atoms. The normalized spacial score (nSPS) is 14.7. The molecule has 0 radical (unpaired) electrons. The number of amides is 2. The number of methoxy groups -OCH3 is 1. The third kappa shape index (κ3) is 4.92. The van der Waals surface area contributed by atoms with Crippen molar-refractivity contribution >= 4 is 33.4 Å². The Kier molecular flexibility index (Phi) is 6.96. The summed E-state index contributed by atoms with van der Waals surface area (Å²) in [6.07, 6.45) is 2.71. The molecule has 1 heterocycles. The number of benzene rings is 2. The SMILES string of the molecule is COc1ccc(Cl)cc1C(=O)NNC(=O)c1ccc(S(=O)(=O)N2CCCCC2)cc1. The summed E-state index contributed by atoms with van der Waals surface area (Å²) in [5.41, 5.74) is 4.95. The van der Waals surface area contributed by atoms with E-state index in [9.17, 15) is 18.0 Å². The van der Waals surface area contributed by atoms with Gasteiger partial charge < -0.3 is 4.74 Å². The van der Waals surface area contributed by atoms with E-state index in [-0.39, 0.29) is 16.0 Å². The lowest BCUT2D eigenvalue weighted by molar-refractivity contribution is 0.0845. The summed E-state index contributed by atoms with van der Waals surface area (Å²) in [6, 6.07) is 10.1. The number of sulfonamides is 1. The second-order valence-corrected chi connectivity index (χ2v) is 9.12. The van der Waals surface area contributed by atoms with Gasteiger partial charge in [0.1, 0.15) is 5.75 Å². The molecular formula is C20H22ClN3O5S. The first-order valence-corrected chi connectivity index (χ1v) is 11.2. The zero-order chi connectivity index (χ0) is 21.7. The van der Waals surface area contributed by atoms with Crippen molar-refractivity contribution < 1.29 is 22.7 Å². The van der Waals surface area contributed by atoms with Crippen LogP contribution < -0.4 is 15.6 Å². The number of hydrogen-bond acceptors (Lipinski definition) is 5. The van der Waals surface area contributed by atoms with Gasteiger partial charge >= 0.3 is 0 Å². The summed E-state index contributed by atoms with van der Waals surface area (Å²) in [5.74, 6) is -0.892. The second kappa shape index (κ2) is 9.46. The van der Waals surface area contributed by atoms with E-state index < -0.39 is 21.8 Å². The Morgan fingerprint density at radius 2 is 1.60 bits per heavy atom. The fourth-order valence-corrected chi connectivity index (χ4v) is 4.83. The molecular weight excluding hydrogens is 430 g/mol. The van der Waals surface area contributed by atoms with Crippen LogP contribution in [-0.2, 0) is 10.0 Å². The van der Waals surface area contributed by atoms with E-state index >= 15 is 0 Å². The third-order valence-corrected chi connectivity index (χ3v) is 6.91. The number of hydrazine groups is 1.